The van der Waals surface area contributed by atoms with Crippen LogP contribution in [0.3, 0.4) is 0 Å². The van der Waals surface area contributed by atoms with Crippen LogP contribution in [0.1, 0.15) is 9.60 Å². The average molecular weight is 809 g/mol. The molecule has 63 heavy (non-hydrogen) atoms. The van der Waals surface area contributed by atoms with Crippen molar-refractivity contribution in [1.82, 2.24) is 13.7 Å². The second-order valence-corrected chi connectivity index (χ2v) is 16.0. The van der Waals surface area contributed by atoms with Crippen LogP contribution >= 0.6 is 0 Å². The van der Waals surface area contributed by atoms with Crippen LogP contribution in [-0.2, 0) is 0 Å². The minimum Gasteiger partial charge on any atom is -0.309 e. The molecule has 3 nitrogen and oxygen atoms in total. The predicted octanol–water partition coefficient (Wildman–Crippen LogP) is 16.0. The number of benzene rings is 10. The van der Waals surface area contributed by atoms with Crippen molar-refractivity contribution in [2.24, 2.45) is 0 Å². The Morgan fingerprint density at radius 1 is 0.286 bits per heavy atom. The summed E-state index contributed by atoms with van der Waals surface area (Å²) in [6, 6.07) is 63.6. The van der Waals surface area contributed by atoms with Gasteiger partial charge < -0.3 is 13.7 Å². The number of rotatable bonds is 6. The number of para-hydroxylation sites is 4. The van der Waals surface area contributed by atoms with Crippen molar-refractivity contribution in [2.45, 2.75) is 0 Å². The molecule has 0 bridgehead atoms. The van der Waals surface area contributed by atoms with Crippen molar-refractivity contribution in [3.05, 3.63) is 236 Å². The summed E-state index contributed by atoms with van der Waals surface area (Å²) >= 11 is 0. The Morgan fingerprint density at radius 2 is 0.889 bits per heavy atom. The summed E-state index contributed by atoms with van der Waals surface area (Å²) in [5.41, 5.74) is 11.7. The topological polar surface area (TPSA) is 14.8 Å². The van der Waals surface area contributed by atoms with E-state index in [4.69, 9.17) is 2.74 Å². The van der Waals surface area contributed by atoms with Crippen LogP contribution in [-0.4, -0.2) is 13.7 Å². The van der Waals surface area contributed by atoms with Gasteiger partial charge in [0.05, 0.1) is 48.4 Å². The van der Waals surface area contributed by atoms with Gasteiger partial charge in [0.15, 0.2) is 0 Å². The van der Waals surface area contributed by atoms with Crippen molar-refractivity contribution >= 4 is 65.4 Å². The van der Waals surface area contributed by atoms with Crippen LogP contribution in [0.2, 0.25) is 0 Å². The largest absolute Gasteiger partial charge is 0.309 e. The van der Waals surface area contributed by atoms with Crippen molar-refractivity contribution in [2.75, 3.05) is 0 Å². The molecule has 0 saturated carbocycles. The van der Waals surface area contributed by atoms with E-state index in [1.54, 1.807) is 4.57 Å². The molecule has 0 unspecified atom stereocenters. The quantitative estimate of drug-likeness (QED) is 0.159. The Kier molecular flexibility index (Phi) is 6.48. The smallest absolute Gasteiger partial charge is 0.0645 e. The first-order chi connectivity index (χ1) is 34.2. The Labute approximate surface area is 374 Å². The average Bonchev–Trinajstić information content (AvgIpc) is 4.06. The molecule has 3 aromatic heterocycles. The molecule has 0 aliphatic rings. The lowest BCUT2D eigenvalue weighted by atomic mass is 9.99. The maximum absolute atomic E-state index is 10.1. The highest BCUT2D eigenvalue weighted by Gasteiger charge is 2.20. The van der Waals surface area contributed by atoms with E-state index in [-0.39, 0.29) is 57.6 Å². The minimum absolute atomic E-state index is 0.0876. The number of hydrogen-bond acceptors (Lipinski definition) is 0. The zero-order valence-electron chi connectivity index (χ0n) is 40.8. The molecule has 0 aliphatic heterocycles. The molecule has 0 atom stereocenters. The van der Waals surface area contributed by atoms with Gasteiger partial charge in [0, 0.05) is 49.3 Å². The van der Waals surface area contributed by atoms with E-state index in [1.807, 2.05) is 115 Å². The van der Waals surface area contributed by atoms with Gasteiger partial charge in [-0.1, -0.05) is 158 Å². The van der Waals surface area contributed by atoms with E-state index in [2.05, 4.69) is 88.0 Å². The van der Waals surface area contributed by atoms with Crippen LogP contribution in [0.25, 0.3) is 116 Å². The Morgan fingerprint density at radius 3 is 1.75 bits per heavy atom. The second-order valence-electron chi connectivity index (χ2n) is 16.0. The molecule has 0 aliphatic carbocycles. The van der Waals surface area contributed by atoms with Crippen LogP contribution in [0, 0.1) is 0 Å². The molecule has 0 saturated heterocycles. The number of hydrogen-bond donors (Lipinski definition) is 0. The van der Waals surface area contributed by atoms with Gasteiger partial charge >= 0.3 is 0 Å². The predicted molar refractivity (Wildman–Crippen MR) is 266 cm³/mol. The zero-order valence-corrected chi connectivity index (χ0v) is 33.8. The summed E-state index contributed by atoms with van der Waals surface area (Å²) in [6.07, 6.45) is 0. The molecule has 0 spiro atoms. The summed E-state index contributed by atoms with van der Waals surface area (Å²) in [4.78, 5) is 0. The molecular weight excluding hydrogens is 763 g/mol. The van der Waals surface area contributed by atoms with E-state index in [0.29, 0.717) is 11.3 Å². The first kappa shape index (κ1) is 29.0. The zero-order chi connectivity index (χ0) is 47.5. The van der Waals surface area contributed by atoms with Gasteiger partial charge in [0.1, 0.15) is 0 Å². The van der Waals surface area contributed by atoms with Crippen molar-refractivity contribution in [1.29, 1.82) is 0 Å². The summed E-state index contributed by atoms with van der Waals surface area (Å²) in [5.74, 6) is 0. The lowest BCUT2D eigenvalue weighted by Gasteiger charge is -2.14. The number of nitrogens with zero attached hydrogens (tertiary/aromatic N) is 3. The third-order valence-electron chi connectivity index (χ3n) is 12.5. The summed E-state index contributed by atoms with van der Waals surface area (Å²) < 4.78 is 72.3. The van der Waals surface area contributed by atoms with Gasteiger partial charge in [-0.05, 0) is 107 Å². The van der Waals surface area contributed by atoms with Crippen molar-refractivity contribution in [3.63, 3.8) is 0 Å². The number of fused-ring (bicyclic) bond motifs is 9. The van der Waals surface area contributed by atoms with E-state index >= 15 is 0 Å². The fourth-order valence-electron chi connectivity index (χ4n) is 9.65. The van der Waals surface area contributed by atoms with Gasteiger partial charge in [-0.3, -0.25) is 0 Å². The van der Waals surface area contributed by atoms with Gasteiger partial charge in [0.2, 0.25) is 0 Å². The van der Waals surface area contributed by atoms with Crippen LogP contribution in [0.5, 0.6) is 0 Å². The standard InChI is InChI=1S/C60H39N3/c1-4-16-40(17-5-1)44-28-32-50-52-37-43(30-34-59(52)63(60(50)38-44)54-25-13-10-22-47(54)41-18-6-2-7-19-41)42-29-33-57-51(36-42)48-23-11-15-27-56(48)62(57)46-31-35-58-53(39-46)49-24-12-14-26-55(49)61(58)45-20-8-3-9-21-45/h1-39H/i11D,15D,23D,27D,29D,33D,36D. The highest BCUT2D eigenvalue weighted by atomic mass is 15.0. The molecule has 0 fully saturated rings. The first-order valence-corrected chi connectivity index (χ1v) is 21.1. The van der Waals surface area contributed by atoms with E-state index in [1.165, 1.54) is 0 Å². The summed E-state index contributed by atoms with van der Waals surface area (Å²) in [5, 5.41) is 4.08. The van der Waals surface area contributed by atoms with Crippen LogP contribution in [0.4, 0.5) is 0 Å². The normalized spacial score (nSPS) is 13.4. The van der Waals surface area contributed by atoms with E-state index < -0.39 is 12.1 Å². The Hall–Kier alpha value is -8.40. The molecule has 3 heterocycles. The Bertz CT molecular complexity index is 4310. The van der Waals surface area contributed by atoms with E-state index in [0.717, 1.165) is 77.2 Å². The first-order valence-electron chi connectivity index (χ1n) is 24.6. The van der Waals surface area contributed by atoms with Crippen molar-refractivity contribution < 1.29 is 9.60 Å². The maximum Gasteiger partial charge on any atom is 0.0645 e. The highest BCUT2D eigenvalue weighted by molar-refractivity contribution is 6.14. The molecule has 0 N–H and O–H groups in total. The van der Waals surface area contributed by atoms with Crippen molar-refractivity contribution in [3.8, 4) is 50.4 Å². The molecular formula is C60H39N3. The van der Waals surface area contributed by atoms with Gasteiger partial charge in [0.25, 0.3) is 0 Å². The third kappa shape index (κ3) is 5.53. The van der Waals surface area contributed by atoms with Gasteiger partial charge in [-0.15, -0.1) is 0 Å². The monoisotopic (exact) mass is 808 g/mol. The second kappa shape index (κ2) is 14.1. The lowest BCUT2D eigenvalue weighted by Crippen LogP contribution is -1.97. The maximum atomic E-state index is 10.1. The molecule has 294 valence electrons. The fraction of sp³-hybridized carbons (Fsp3) is 0. The highest BCUT2D eigenvalue weighted by Crippen LogP contribution is 2.42. The summed E-state index contributed by atoms with van der Waals surface area (Å²) in [7, 11) is 0. The van der Waals surface area contributed by atoms with Crippen LogP contribution in [0.15, 0.2) is 236 Å². The minimum atomic E-state index is -0.430. The molecule has 13 rings (SSSR count). The molecule has 0 radical (unpaired) electrons. The SMILES string of the molecule is [2H]c1c([2H])c([2H])c2c(c1[2H])c1c([2H])c(-c3ccc4c(c3)c3ccc(-c5ccccc5)cc3n4-c3ccccc3-c3ccccc3)c([2H])c([2H])c1n2-c1ccc2c(c1)c1ccccc1n2-c1ccccc1. The molecule has 10 aromatic carbocycles. The van der Waals surface area contributed by atoms with Gasteiger partial charge in [-0.25, -0.2) is 0 Å². The third-order valence-corrected chi connectivity index (χ3v) is 12.5. The Balaban J connectivity index is 1.08. The molecule has 13 aromatic rings. The van der Waals surface area contributed by atoms with Gasteiger partial charge in [-0.2, -0.15) is 0 Å². The van der Waals surface area contributed by atoms with Crippen LogP contribution < -0.4 is 0 Å². The summed E-state index contributed by atoms with van der Waals surface area (Å²) in [6.45, 7) is 0. The fourth-order valence-corrected chi connectivity index (χ4v) is 9.65. The van der Waals surface area contributed by atoms with E-state index in [9.17, 15) is 6.85 Å². The molecule has 0 amide bonds. The molecule has 3 heteroatoms. The lowest BCUT2D eigenvalue weighted by molar-refractivity contribution is 1.17. The number of aromatic nitrogens is 3.